The zero-order valence-corrected chi connectivity index (χ0v) is 9.70. The van der Waals surface area contributed by atoms with E-state index in [2.05, 4.69) is 4.98 Å². The molecule has 0 aliphatic heterocycles. The highest BCUT2D eigenvalue weighted by Gasteiger charge is 2.13. The van der Waals surface area contributed by atoms with E-state index < -0.39 is 11.4 Å². The number of phenolic OH excluding ortho intramolecular Hbond substituents is 2. The molecule has 0 atom stereocenters. The van der Waals surface area contributed by atoms with Crippen LogP contribution in [0, 0.1) is 0 Å². The van der Waals surface area contributed by atoms with Crippen LogP contribution in [0.1, 0.15) is 0 Å². The van der Waals surface area contributed by atoms with Gasteiger partial charge in [-0.15, -0.1) is 0 Å². The minimum Gasteiger partial charge on any atom is -0.504 e. The van der Waals surface area contributed by atoms with Gasteiger partial charge < -0.3 is 14.6 Å². The van der Waals surface area contributed by atoms with Gasteiger partial charge in [0.25, 0.3) is 0 Å². The molecule has 5 heteroatoms. The fourth-order valence-electron chi connectivity index (χ4n) is 1.86. The van der Waals surface area contributed by atoms with Crippen LogP contribution < -0.4 is 5.63 Å². The summed E-state index contributed by atoms with van der Waals surface area (Å²) in [5.41, 5.74) is 0.140. The van der Waals surface area contributed by atoms with Gasteiger partial charge in [-0.25, -0.2) is 4.79 Å². The Balaban J connectivity index is 2.33. The molecule has 2 N–H and O–H groups in total. The van der Waals surface area contributed by atoms with Crippen molar-refractivity contribution in [3.63, 3.8) is 0 Å². The van der Waals surface area contributed by atoms with Gasteiger partial charge in [-0.3, -0.25) is 4.98 Å². The number of hydrogen-bond acceptors (Lipinski definition) is 5. The van der Waals surface area contributed by atoms with E-state index in [0.717, 1.165) is 0 Å². The van der Waals surface area contributed by atoms with E-state index in [1.54, 1.807) is 36.5 Å². The molecule has 0 bridgehead atoms. The lowest BCUT2D eigenvalue weighted by molar-refractivity contribution is 0.398. The zero-order valence-electron chi connectivity index (χ0n) is 9.70. The number of aromatic hydroxyl groups is 2. The summed E-state index contributed by atoms with van der Waals surface area (Å²) in [5, 5.41) is 19.5. The van der Waals surface area contributed by atoms with E-state index in [0.29, 0.717) is 16.6 Å². The highest BCUT2D eigenvalue weighted by Crippen LogP contribution is 2.33. The SMILES string of the molecule is O=c1oc2c(O)c(O)ccc2cc1-c1ccccn1. The summed E-state index contributed by atoms with van der Waals surface area (Å²) in [4.78, 5) is 16.0. The first-order valence-corrected chi connectivity index (χ1v) is 5.57. The van der Waals surface area contributed by atoms with Crippen molar-refractivity contribution in [1.29, 1.82) is 0 Å². The summed E-state index contributed by atoms with van der Waals surface area (Å²) in [6.07, 6.45) is 1.58. The largest absolute Gasteiger partial charge is 0.504 e. The Morgan fingerprint density at radius 2 is 1.95 bits per heavy atom. The molecule has 0 saturated carbocycles. The third-order valence-electron chi connectivity index (χ3n) is 2.80. The van der Waals surface area contributed by atoms with Gasteiger partial charge in [0.05, 0.1) is 11.3 Å². The second-order valence-electron chi connectivity index (χ2n) is 4.01. The Morgan fingerprint density at radius 3 is 2.68 bits per heavy atom. The van der Waals surface area contributed by atoms with E-state index in [1.807, 2.05) is 0 Å². The minimum atomic E-state index is -0.618. The summed E-state index contributed by atoms with van der Waals surface area (Å²) in [6.45, 7) is 0. The summed E-state index contributed by atoms with van der Waals surface area (Å²) < 4.78 is 5.05. The van der Waals surface area contributed by atoms with E-state index in [-0.39, 0.29) is 11.3 Å². The van der Waals surface area contributed by atoms with Gasteiger partial charge in [-0.2, -0.15) is 0 Å². The first-order valence-electron chi connectivity index (χ1n) is 5.57. The van der Waals surface area contributed by atoms with Gasteiger partial charge in [0.1, 0.15) is 0 Å². The molecule has 5 nitrogen and oxygen atoms in total. The van der Waals surface area contributed by atoms with Gasteiger partial charge in [0.15, 0.2) is 11.3 Å². The molecule has 0 fully saturated rings. The highest BCUT2D eigenvalue weighted by atomic mass is 16.4. The van der Waals surface area contributed by atoms with E-state index in [9.17, 15) is 15.0 Å². The summed E-state index contributed by atoms with van der Waals surface area (Å²) in [5.74, 6) is -0.775. The van der Waals surface area contributed by atoms with Crippen molar-refractivity contribution >= 4 is 11.0 Å². The number of benzene rings is 1. The summed E-state index contributed by atoms with van der Waals surface area (Å²) >= 11 is 0. The Bertz CT molecular complexity index is 809. The third kappa shape index (κ3) is 1.81. The molecule has 1 aromatic carbocycles. The normalized spacial score (nSPS) is 10.7. The summed E-state index contributed by atoms with van der Waals surface area (Å²) in [7, 11) is 0. The number of pyridine rings is 1. The van der Waals surface area contributed by atoms with Crippen LogP contribution in [0.2, 0.25) is 0 Å². The van der Waals surface area contributed by atoms with Gasteiger partial charge in [0, 0.05) is 11.6 Å². The van der Waals surface area contributed by atoms with Crippen molar-refractivity contribution in [2.45, 2.75) is 0 Å². The molecule has 0 amide bonds. The molecular weight excluding hydrogens is 246 g/mol. The van der Waals surface area contributed by atoms with Crippen molar-refractivity contribution in [3.8, 4) is 22.8 Å². The van der Waals surface area contributed by atoms with E-state index >= 15 is 0 Å². The molecule has 3 rings (SSSR count). The van der Waals surface area contributed by atoms with Crippen molar-refractivity contribution in [1.82, 2.24) is 4.98 Å². The number of hydrogen-bond donors (Lipinski definition) is 2. The van der Waals surface area contributed by atoms with Gasteiger partial charge >= 0.3 is 5.63 Å². The predicted octanol–water partition coefficient (Wildman–Crippen LogP) is 2.27. The van der Waals surface area contributed by atoms with Gasteiger partial charge in [-0.1, -0.05) is 6.07 Å². The molecule has 94 valence electrons. The molecule has 2 aromatic heterocycles. The molecule has 0 unspecified atom stereocenters. The molecular formula is C14H9NO4. The van der Waals surface area contributed by atoms with Crippen molar-refractivity contribution in [3.05, 3.63) is 53.0 Å². The number of fused-ring (bicyclic) bond motifs is 1. The number of nitrogens with zero attached hydrogens (tertiary/aromatic N) is 1. The van der Waals surface area contributed by atoms with Crippen LogP contribution in [-0.4, -0.2) is 15.2 Å². The van der Waals surface area contributed by atoms with Crippen LogP contribution in [0.25, 0.3) is 22.2 Å². The number of rotatable bonds is 1. The molecule has 2 heterocycles. The van der Waals surface area contributed by atoms with E-state index in [4.69, 9.17) is 4.42 Å². The molecule has 0 aliphatic rings. The average molecular weight is 255 g/mol. The molecule has 19 heavy (non-hydrogen) atoms. The maximum atomic E-state index is 11.9. The summed E-state index contributed by atoms with van der Waals surface area (Å²) in [6, 6.07) is 9.66. The molecule has 0 saturated heterocycles. The number of aromatic nitrogens is 1. The van der Waals surface area contributed by atoms with Crippen molar-refractivity contribution < 1.29 is 14.6 Å². The van der Waals surface area contributed by atoms with Crippen LogP contribution in [-0.2, 0) is 0 Å². The molecule has 0 spiro atoms. The van der Waals surface area contributed by atoms with Crippen LogP contribution in [0.15, 0.2) is 51.8 Å². The van der Waals surface area contributed by atoms with Gasteiger partial charge in [-0.05, 0) is 30.3 Å². The fourth-order valence-corrected chi connectivity index (χ4v) is 1.86. The molecule has 3 aromatic rings. The monoisotopic (exact) mass is 255 g/mol. The van der Waals surface area contributed by atoms with Gasteiger partial charge in [0.2, 0.25) is 5.75 Å². The topological polar surface area (TPSA) is 83.6 Å². The van der Waals surface area contributed by atoms with E-state index in [1.165, 1.54) is 6.07 Å². The predicted molar refractivity (Wildman–Crippen MR) is 69.0 cm³/mol. The standard InChI is InChI=1S/C14H9NO4/c16-11-5-4-8-7-9(10-3-1-2-6-15-10)14(18)19-13(8)12(11)17/h1-7,16-17H. The lowest BCUT2D eigenvalue weighted by atomic mass is 10.1. The lowest BCUT2D eigenvalue weighted by Crippen LogP contribution is -2.03. The van der Waals surface area contributed by atoms with Crippen molar-refractivity contribution in [2.24, 2.45) is 0 Å². The van der Waals surface area contributed by atoms with Crippen LogP contribution in [0.4, 0.5) is 0 Å². The maximum absolute atomic E-state index is 11.9. The first kappa shape index (κ1) is 11.3. The lowest BCUT2D eigenvalue weighted by Gasteiger charge is -2.04. The third-order valence-corrected chi connectivity index (χ3v) is 2.80. The van der Waals surface area contributed by atoms with Crippen molar-refractivity contribution in [2.75, 3.05) is 0 Å². The fraction of sp³-hybridized carbons (Fsp3) is 0. The Kier molecular flexibility index (Phi) is 2.45. The Morgan fingerprint density at radius 1 is 1.11 bits per heavy atom. The molecule has 0 aliphatic carbocycles. The average Bonchev–Trinajstić information content (AvgIpc) is 2.44. The second-order valence-corrected chi connectivity index (χ2v) is 4.01. The van der Waals surface area contributed by atoms with Crippen LogP contribution >= 0.6 is 0 Å². The first-order chi connectivity index (χ1) is 9.16. The minimum absolute atomic E-state index is 0.0373. The maximum Gasteiger partial charge on any atom is 0.345 e. The van der Waals surface area contributed by atoms with Crippen LogP contribution in [0.5, 0.6) is 11.5 Å². The smallest absolute Gasteiger partial charge is 0.345 e. The quantitative estimate of drug-likeness (QED) is 0.514. The van der Waals surface area contributed by atoms with Crippen LogP contribution in [0.3, 0.4) is 0 Å². The second kappa shape index (κ2) is 4.13. The Hall–Kier alpha value is -2.82. The molecule has 0 radical (unpaired) electrons. The Labute approximate surface area is 107 Å². The highest BCUT2D eigenvalue weighted by molar-refractivity contribution is 5.87. The number of phenols is 2. The zero-order chi connectivity index (χ0) is 13.4.